The van der Waals surface area contributed by atoms with E-state index in [0.717, 1.165) is 11.2 Å². The van der Waals surface area contributed by atoms with Gasteiger partial charge in [0.15, 0.2) is 5.65 Å². The van der Waals surface area contributed by atoms with Crippen LogP contribution in [-0.2, 0) is 0 Å². The van der Waals surface area contributed by atoms with E-state index in [2.05, 4.69) is 15.4 Å². The van der Waals surface area contributed by atoms with Gasteiger partial charge in [-0.2, -0.15) is 4.98 Å². The molecule has 6 heteroatoms. The second kappa shape index (κ2) is 4.51. The normalized spacial score (nSPS) is 10.9. The first-order chi connectivity index (χ1) is 9.11. The molecule has 0 fully saturated rings. The molecule has 2 heterocycles. The third-order valence-corrected chi connectivity index (χ3v) is 2.94. The molecule has 0 radical (unpaired) electrons. The third kappa shape index (κ3) is 2.37. The van der Waals surface area contributed by atoms with E-state index in [0.29, 0.717) is 11.6 Å². The van der Waals surface area contributed by atoms with Crippen molar-refractivity contribution in [3.05, 3.63) is 52.9 Å². The Morgan fingerprint density at radius 2 is 2.11 bits per heavy atom. The molecule has 0 saturated heterocycles. The van der Waals surface area contributed by atoms with Crippen molar-refractivity contribution in [2.75, 3.05) is 5.32 Å². The van der Waals surface area contributed by atoms with Crippen LogP contribution in [-0.4, -0.2) is 14.6 Å². The lowest BCUT2D eigenvalue weighted by Gasteiger charge is -2.02. The summed E-state index contributed by atoms with van der Waals surface area (Å²) in [4.78, 5) is 4.31. The molecular weight excluding hydrogens is 267 g/mol. The van der Waals surface area contributed by atoms with Gasteiger partial charge in [-0.3, -0.25) is 0 Å². The predicted molar refractivity (Wildman–Crippen MR) is 72.4 cm³/mol. The Labute approximate surface area is 113 Å². The maximum Gasteiger partial charge on any atom is 0.247 e. The van der Waals surface area contributed by atoms with Crippen molar-refractivity contribution in [2.24, 2.45) is 0 Å². The van der Waals surface area contributed by atoms with Crippen LogP contribution < -0.4 is 5.32 Å². The fourth-order valence-electron chi connectivity index (χ4n) is 1.74. The molecule has 0 aliphatic rings. The fourth-order valence-corrected chi connectivity index (χ4v) is 1.92. The van der Waals surface area contributed by atoms with E-state index in [-0.39, 0.29) is 5.02 Å². The first-order valence-corrected chi connectivity index (χ1v) is 6.05. The van der Waals surface area contributed by atoms with Crippen LogP contribution in [0.25, 0.3) is 5.65 Å². The van der Waals surface area contributed by atoms with E-state index in [9.17, 15) is 4.39 Å². The van der Waals surface area contributed by atoms with Crippen molar-refractivity contribution in [3.63, 3.8) is 0 Å². The minimum atomic E-state index is -0.453. The summed E-state index contributed by atoms with van der Waals surface area (Å²) in [6.45, 7) is 1.98. The lowest BCUT2D eigenvalue weighted by molar-refractivity contribution is 0.628. The Balaban J connectivity index is 1.94. The number of aromatic nitrogens is 3. The molecule has 1 N–H and O–H groups in total. The van der Waals surface area contributed by atoms with Crippen molar-refractivity contribution in [1.29, 1.82) is 0 Å². The Morgan fingerprint density at radius 1 is 1.26 bits per heavy atom. The number of rotatable bonds is 2. The van der Waals surface area contributed by atoms with E-state index in [1.54, 1.807) is 10.6 Å². The molecule has 0 atom stereocenters. The van der Waals surface area contributed by atoms with Gasteiger partial charge in [0.2, 0.25) is 5.95 Å². The first kappa shape index (κ1) is 11.9. The number of fused-ring (bicyclic) bond motifs is 1. The smallest absolute Gasteiger partial charge is 0.247 e. The Hall–Kier alpha value is -2.14. The van der Waals surface area contributed by atoms with Crippen LogP contribution in [0.15, 0.2) is 36.5 Å². The number of benzene rings is 1. The SMILES string of the molecule is Cc1ccc2nc(Nc3ccc(F)c(Cl)c3)nn2c1. The van der Waals surface area contributed by atoms with Gasteiger partial charge in [0.25, 0.3) is 0 Å². The zero-order valence-electron chi connectivity index (χ0n) is 10.1. The van der Waals surface area contributed by atoms with Gasteiger partial charge in [0.05, 0.1) is 5.02 Å². The summed E-state index contributed by atoms with van der Waals surface area (Å²) in [7, 11) is 0. The zero-order chi connectivity index (χ0) is 13.4. The van der Waals surface area contributed by atoms with Crippen molar-refractivity contribution in [2.45, 2.75) is 6.92 Å². The second-order valence-electron chi connectivity index (χ2n) is 4.20. The lowest BCUT2D eigenvalue weighted by Crippen LogP contribution is -1.94. The molecule has 0 aliphatic heterocycles. The van der Waals surface area contributed by atoms with Crippen LogP contribution in [0.2, 0.25) is 5.02 Å². The van der Waals surface area contributed by atoms with E-state index < -0.39 is 5.82 Å². The summed E-state index contributed by atoms with van der Waals surface area (Å²) in [6.07, 6.45) is 1.88. The van der Waals surface area contributed by atoms with Gasteiger partial charge in [0, 0.05) is 11.9 Å². The fraction of sp³-hybridized carbons (Fsp3) is 0.0769. The molecule has 19 heavy (non-hydrogen) atoms. The molecule has 3 aromatic rings. The van der Waals surface area contributed by atoms with Crippen molar-refractivity contribution in [1.82, 2.24) is 14.6 Å². The Morgan fingerprint density at radius 3 is 2.89 bits per heavy atom. The first-order valence-electron chi connectivity index (χ1n) is 5.67. The van der Waals surface area contributed by atoms with Crippen LogP contribution in [0.3, 0.4) is 0 Å². The van der Waals surface area contributed by atoms with Crippen LogP contribution in [0.1, 0.15) is 5.56 Å². The van der Waals surface area contributed by atoms with E-state index in [1.165, 1.54) is 12.1 Å². The summed E-state index contributed by atoms with van der Waals surface area (Å²) >= 11 is 5.72. The van der Waals surface area contributed by atoms with Gasteiger partial charge in [-0.25, -0.2) is 8.91 Å². The van der Waals surface area contributed by atoms with Gasteiger partial charge >= 0.3 is 0 Å². The zero-order valence-corrected chi connectivity index (χ0v) is 10.8. The third-order valence-electron chi connectivity index (χ3n) is 2.65. The molecule has 4 nitrogen and oxygen atoms in total. The molecule has 0 saturated carbocycles. The average molecular weight is 277 g/mol. The molecule has 3 rings (SSSR count). The maximum absolute atomic E-state index is 13.1. The second-order valence-corrected chi connectivity index (χ2v) is 4.61. The molecular formula is C13H10ClFN4. The molecule has 2 aromatic heterocycles. The highest BCUT2D eigenvalue weighted by Gasteiger charge is 2.05. The van der Waals surface area contributed by atoms with Gasteiger partial charge < -0.3 is 5.32 Å². The average Bonchev–Trinajstić information content (AvgIpc) is 2.75. The van der Waals surface area contributed by atoms with Crippen LogP contribution in [0.5, 0.6) is 0 Å². The van der Waals surface area contributed by atoms with Crippen LogP contribution >= 0.6 is 11.6 Å². The molecule has 96 valence electrons. The quantitative estimate of drug-likeness (QED) is 0.778. The standard InChI is InChI=1S/C13H10ClFN4/c1-8-2-5-12-17-13(18-19(12)7-8)16-9-3-4-11(15)10(14)6-9/h2-7H,1H3,(H,16,18). The van der Waals surface area contributed by atoms with Gasteiger partial charge in [-0.05, 0) is 36.8 Å². The maximum atomic E-state index is 13.1. The Kier molecular flexibility index (Phi) is 2.83. The van der Waals surface area contributed by atoms with E-state index in [4.69, 9.17) is 11.6 Å². The summed E-state index contributed by atoms with van der Waals surface area (Å²) in [5.74, 6) is -0.0147. The number of halogens is 2. The van der Waals surface area contributed by atoms with Crippen molar-refractivity contribution >= 4 is 28.9 Å². The van der Waals surface area contributed by atoms with E-state index >= 15 is 0 Å². The molecule has 0 unspecified atom stereocenters. The Bertz CT molecular complexity index is 753. The number of anilines is 2. The minimum Gasteiger partial charge on any atom is -0.323 e. The molecule has 0 bridgehead atoms. The topological polar surface area (TPSA) is 42.2 Å². The minimum absolute atomic E-state index is 0.0598. The summed E-state index contributed by atoms with van der Waals surface area (Å²) in [5, 5.41) is 7.33. The van der Waals surface area contributed by atoms with Crippen LogP contribution in [0.4, 0.5) is 16.0 Å². The highest BCUT2D eigenvalue weighted by molar-refractivity contribution is 6.31. The molecule has 0 amide bonds. The number of pyridine rings is 1. The van der Waals surface area contributed by atoms with Crippen LogP contribution in [0, 0.1) is 12.7 Å². The summed E-state index contributed by atoms with van der Waals surface area (Å²) in [6, 6.07) is 8.21. The molecule has 0 aliphatic carbocycles. The van der Waals surface area contributed by atoms with Crippen molar-refractivity contribution < 1.29 is 4.39 Å². The monoisotopic (exact) mass is 276 g/mol. The summed E-state index contributed by atoms with van der Waals surface area (Å²) < 4.78 is 14.7. The predicted octanol–water partition coefficient (Wildman–Crippen LogP) is 3.57. The van der Waals surface area contributed by atoms with Gasteiger partial charge in [0.1, 0.15) is 5.82 Å². The largest absolute Gasteiger partial charge is 0.323 e. The number of nitrogens with zero attached hydrogens (tertiary/aromatic N) is 3. The highest BCUT2D eigenvalue weighted by Crippen LogP contribution is 2.21. The molecule has 1 aromatic carbocycles. The van der Waals surface area contributed by atoms with Gasteiger partial charge in [-0.1, -0.05) is 17.7 Å². The molecule has 0 spiro atoms. The summed E-state index contributed by atoms with van der Waals surface area (Å²) in [5.41, 5.74) is 2.47. The number of hydrogen-bond acceptors (Lipinski definition) is 3. The van der Waals surface area contributed by atoms with Crippen molar-refractivity contribution in [3.8, 4) is 0 Å². The van der Waals surface area contributed by atoms with Gasteiger partial charge in [-0.15, -0.1) is 5.10 Å². The number of nitrogens with one attached hydrogen (secondary N) is 1. The number of hydrogen-bond donors (Lipinski definition) is 1. The lowest BCUT2D eigenvalue weighted by atomic mass is 10.3. The highest BCUT2D eigenvalue weighted by atomic mass is 35.5. The van der Waals surface area contributed by atoms with E-state index in [1.807, 2.05) is 25.3 Å². The number of aryl methyl sites for hydroxylation is 1.